The molecule has 0 fully saturated rings. The van der Waals surface area contributed by atoms with Crippen molar-refractivity contribution in [2.24, 2.45) is 17.8 Å². The molecule has 0 saturated heterocycles. The molecule has 31 heavy (non-hydrogen) atoms. The molecular formula is C27H52O4. The van der Waals surface area contributed by atoms with Crippen molar-refractivity contribution in [3.63, 3.8) is 0 Å². The number of carboxylic acid groups (broad SMARTS) is 1. The fourth-order valence-electron chi connectivity index (χ4n) is 4.15. The minimum atomic E-state index is -0.639. The minimum Gasteiger partial charge on any atom is -0.481 e. The van der Waals surface area contributed by atoms with Crippen molar-refractivity contribution in [1.82, 2.24) is 0 Å². The Labute approximate surface area is 192 Å². The first-order valence-electron chi connectivity index (χ1n) is 13.3. The summed E-state index contributed by atoms with van der Waals surface area (Å²) in [4.78, 5) is 23.1. The maximum absolute atomic E-state index is 11.9. The number of carbonyl (C=O) groups is 2. The number of aliphatic carboxylic acids is 1. The number of rotatable bonds is 22. The van der Waals surface area contributed by atoms with Crippen molar-refractivity contribution >= 4 is 11.9 Å². The van der Waals surface area contributed by atoms with Crippen molar-refractivity contribution in [3.8, 4) is 0 Å². The molecular weight excluding hydrogens is 388 g/mol. The first-order chi connectivity index (χ1) is 14.9. The fourth-order valence-corrected chi connectivity index (χ4v) is 4.15. The van der Waals surface area contributed by atoms with E-state index in [4.69, 9.17) is 4.74 Å². The van der Waals surface area contributed by atoms with Gasteiger partial charge in [-0.3, -0.25) is 9.59 Å². The van der Waals surface area contributed by atoms with Gasteiger partial charge in [0.1, 0.15) is 0 Å². The Kier molecular flexibility index (Phi) is 20.1. The molecule has 0 bridgehead atoms. The SMILES string of the molecule is CCCCC(CC)COC(=O)CCCCCCCCCCCCCC(C(=O)O)C(C)C. The quantitative estimate of drug-likeness (QED) is 0.136. The maximum atomic E-state index is 11.9. The zero-order chi connectivity index (χ0) is 23.3. The van der Waals surface area contributed by atoms with Gasteiger partial charge in [-0.2, -0.15) is 0 Å². The summed E-state index contributed by atoms with van der Waals surface area (Å²) in [5.41, 5.74) is 0. The number of hydrogen-bond donors (Lipinski definition) is 1. The maximum Gasteiger partial charge on any atom is 0.306 e. The number of carboxylic acids is 1. The Bertz CT molecular complexity index is 433. The van der Waals surface area contributed by atoms with Gasteiger partial charge in [-0.15, -0.1) is 0 Å². The molecule has 0 aromatic carbocycles. The van der Waals surface area contributed by atoms with Gasteiger partial charge in [-0.25, -0.2) is 0 Å². The minimum absolute atomic E-state index is 0.0157. The Balaban J connectivity index is 3.43. The first-order valence-corrected chi connectivity index (χ1v) is 13.3. The number of hydrogen-bond acceptors (Lipinski definition) is 3. The summed E-state index contributed by atoms with van der Waals surface area (Å²) >= 11 is 0. The highest BCUT2D eigenvalue weighted by molar-refractivity contribution is 5.70. The van der Waals surface area contributed by atoms with Crippen molar-refractivity contribution < 1.29 is 19.4 Å². The molecule has 0 aromatic rings. The van der Waals surface area contributed by atoms with E-state index in [0.29, 0.717) is 18.9 Å². The summed E-state index contributed by atoms with van der Waals surface area (Å²) in [6.07, 6.45) is 19.2. The van der Waals surface area contributed by atoms with Gasteiger partial charge in [0.25, 0.3) is 0 Å². The van der Waals surface area contributed by atoms with Crippen LogP contribution >= 0.6 is 0 Å². The number of unbranched alkanes of at least 4 members (excludes halogenated alkanes) is 11. The molecule has 0 amide bonds. The van der Waals surface area contributed by atoms with Gasteiger partial charge in [0.05, 0.1) is 12.5 Å². The molecule has 4 nitrogen and oxygen atoms in total. The van der Waals surface area contributed by atoms with Crippen molar-refractivity contribution in [2.45, 2.75) is 137 Å². The Morgan fingerprint density at radius 2 is 1.26 bits per heavy atom. The predicted octanol–water partition coefficient (Wildman–Crippen LogP) is 8.17. The molecule has 4 heteroatoms. The van der Waals surface area contributed by atoms with E-state index in [1.807, 2.05) is 13.8 Å². The number of ether oxygens (including phenoxy) is 1. The van der Waals surface area contributed by atoms with E-state index < -0.39 is 5.97 Å². The lowest BCUT2D eigenvalue weighted by atomic mass is 9.90. The Morgan fingerprint density at radius 3 is 1.71 bits per heavy atom. The van der Waals surface area contributed by atoms with Crippen LogP contribution < -0.4 is 0 Å². The van der Waals surface area contributed by atoms with Gasteiger partial charge in [0.15, 0.2) is 0 Å². The molecule has 0 radical (unpaired) electrons. The average Bonchev–Trinajstić information content (AvgIpc) is 2.73. The molecule has 0 aromatic heterocycles. The highest BCUT2D eigenvalue weighted by atomic mass is 16.5. The van der Waals surface area contributed by atoms with Crippen LogP contribution in [0.1, 0.15) is 137 Å². The summed E-state index contributed by atoms with van der Waals surface area (Å²) < 4.78 is 5.46. The lowest BCUT2D eigenvalue weighted by Crippen LogP contribution is -2.19. The molecule has 0 saturated carbocycles. The third-order valence-electron chi connectivity index (χ3n) is 6.54. The van der Waals surface area contributed by atoms with Crippen LogP contribution in [0.15, 0.2) is 0 Å². The Morgan fingerprint density at radius 1 is 0.742 bits per heavy atom. The van der Waals surface area contributed by atoms with E-state index in [1.54, 1.807) is 0 Å². The molecule has 0 spiro atoms. The van der Waals surface area contributed by atoms with Gasteiger partial charge in [-0.1, -0.05) is 111 Å². The summed E-state index contributed by atoms with van der Waals surface area (Å²) in [5.74, 6) is -0.0731. The highest BCUT2D eigenvalue weighted by Crippen LogP contribution is 2.20. The second-order valence-corrected chi connectivity index (χ2v) is 9.72. The van der Waals surface area contributed by atoms with Crippen LogP contribution in [0.2, 0.25) is 0 Å². The topological polar surface area (TPSA) is 63.6 Å². The van der Waals surface area contributed by atoms with Crippen molar-refractivity contribution in [1.29, 1.82) is 0 Å². The third-order valence-corrected chi connectivity index (χ3v) is 6.54. The standard InChI is InChI=1S/C27H52O4/c1-5-7-19-24(6-2)22-31-26(28)21-18-16-14-12-10-8-9-11-13-15-17-20-25(23(3)4)27(29)30/h23-25H,5-22H2,1-4H3,(H,29,30). The van der Waals surface area contributed by atoms with Crippen LogP contribution in [-0.2, 0) is 14.3 Å². The van der Waals surface area contributed by atoms with Crippen LogP contribution in [0.4, 0.5) is 0 Å². The van der Waals surface area contributed by atoms with Gasteiger partial charge in [-0.05, 0) is 31.1 Å². The van der Waals surface area contributed by atoms with E-state index in [9.17, 15) is 14.7 Å². The van der Waals surface area contributed by atoms with E-state index in [0.717, 1.165) is 38.5 Å². The third kappa shape index (κ3) is 18.2. The summed E-state index contributed by atoms with van der Waals surface area (Å²) in [6, 6.07) is 0. The first kappa shape index (κ1) is 29.9. The summed E-state index contributed by atoms with van der Waals surface area (Å²) in [6.45, 7) is 8.99. The van der Waals surface area contributed by atoms with Crippen LogP contribution in [-0.4, -0.2) is 23.7 Å². The van der Waals surface area contributed by atoms with E-state index in [2.05, 4.69) is 13.8 Å². The van der Waals surface area contributed by atoms with Crippen LogP contribution in [0, 0.1) is 17.8 Å². The molecule has 0 aliphatic rings. The second-order valence-electron chi connectivity index (χ2n) is 9.72. The molecule has 0 aliphatic carbocycles. The van der Waals surface area contributed by atoms with Gasteiger partial charge in [0, 0.05) is 6.42 Å². The van der Waals surface area contributed by atoms with Crippen molar-refractivity contribution in [2.75, 3.05) is 6.61 Å². The van der Waals surface area contributed by atoms with Crippen LogP contribution in [0.25, 0.3) is 0 Å². The molecule has 2 atom stereocenters. The van der Waals surface area contributed by atoms with Crippen LogP contribution in [0.3, 0.4) is 0 Å². The van der Waals surface area contributed by atoms with E-state index in [-0.39, 0.29) is 17.8 Å². The molecule has 0 aliphatic heterocycles. The number of carbonyl (C=O) groups excluding carboxylic acids is 1. The average molecular weight is 441 g/mol. The van der Waals surface area contributed by atoms with Crippen molar-refractivity contribution in [3.05, 3.63) is 0 Å². The zero-order valence-electron chi connectivity index (χ0n) is 21.1. The summed E-state index contributed by atoms with van der Waals surface area (Å²) in [5, 5.41) is 9.20. The summed E-state index contributed by atoms with van der Waals surface area (Å²) in [7, 11) is 0. The van der Waals surface area contributed by atoms with Crippen LogP contribution in [0.5, 0.6) is 0 Å². The fraction of sp³-hybridized carbons (Fsp3) is 0.926. The zero-order valence-corrected chi connectivity index (χ0v) is 21.1. The molecule has 184 valence electrons. The Hall–Kier alpha value is -1.06. The molecule has 2 unspecified atom stereocenters. The molecule has 0 heterocycles. The van der Waals surface area contributed by atoms with E-state index >= 15 is 0 Å². The van der Waals surface area contributed by atoms with Gasteiger partial charge in [0.2, 0.25) is 0 Å². The second kappa shape index (κ2) is 20.8. The lowest BCUT2D eigenvalue weighted by molar-refractivity contribution is -0.145. The lowest BCUT2D eigenvalue weighted by Gasteiger charge is -2.15. The predicted molar refractivity (Wildman–Crippen MR) is 130 cm³/mol. The molecule has 0 rings (SSSR count). The van der Waals surface area contributed by atoms with E-state index in [1.165, 1.54) is 64.2 Å². The van der Waals surface area contributed by atoms with Gasteiger partial charge < -0.3 is 9.84 Å². The largest absolute Gasteiger partial charge is 0.481 e. The highest BCUT2D eigenvalue weighted by Gasteiger charge is 2.20. The monoisotopic (exact) mass is 440 g/mol. The molecule has 1 N–H and O–H groups in total. The normalized spacial score (nSPS) is 13.3. The number of esters is 1. The van der Waals surface area contributed by atoms with Gasteiger partial charge >= 0.3 is 11.9 Å². The smallest absolute Gasteiger partial charge is 0.306 e.